The van der Waals surface area contributed by atoms with Crippen molar-refractivity contribution >= 4 is 45.3 Å². The lowest BCUT2D eigenvalue weighted by molar-refractivity contribution is -0.240. The number of halogens is 2. The predicted molar refractivity (Wildman–Crippen MR) is 101 cm³/mol. The highest BCUT2D eigenvalue weighted by molar-refractivity contribution is 9.10. The average Bonchev–Trinajstić information content (AvgIpc) is 2.94. The number of hydrogen-bond acceptors (Lipinski definition) is 5. The van der Waals surface area contributed by atoms with E-state index in [1.165, 1.54) is 13.8 Å². The molecular formula is C19H17BrClNO5. The van der Waals surface area contributed by atoms with Crippen LogP contribution in [0.25, 0.3) is 0 Å². The number of hydrogen-bond donors (Lipinski definition) is 0. The van der Waals surface area contributed by atoms with Gasteiger partial charge >= 0.3 is 11.9 Å². The van der Waals surface area contributed by atoms with Gasteiger partial charge in [0.2, 0.25) is 5.78 Å². The molecule has 27 heavy (non-hydrogen) atoms. The Morgan fingerprint density at radius 2 is 1.70 bits per heavy atom. The van der Waals surface area contributed by atoms with Crippen LogP contribution in [0.3, 0.4) is 0 Å². The summed E-state index contributed by atoms with van der Waals surface area (Å²) in [6.45, 7) is 3.27. The van der Waals surface area contributed by atoms with Gasteiger partial charge in [-0.3, -0.25) is 14.4 Å². The topological polar surface area (TPSA) is 74.6 Å². The zero-order valence-electron chi connectivity index (χ0n) is 14.7. The van der Waals surface area contributed by atoms with E-state index < -0.39 is 23.6 Å². The van der Waals surface area contributed by atoms with Crippen molar-refractivity contribution in [2.75, 3.05) is 0 Å². The molecule has 0 unspecified atom stereocenters. The van der Waals surface area contributed by atoms with Crippen LogP contribution in [0.5, 0.6) is 0 Å². The summed E-state index contributed by atoms with van der Waals surface area (Å²) in [6.07, 6.45) is 0.155. The van der Waals surface area contributed by atoms with Crippen LogP contribution in [0.4, 0.5) is 0 Å². The van der Waals surface area contributed by atoms with Crippen LogP contribution in [0.2, 0.25) is 5.02 Å². The van der Waals surface area contributed by atoms with Gasteiger partial charge in [0.15, 0.2) is 5.92 Å². The molecule has 0 saturated carbocycles. The Morgan fingerprint density at radius 1 is 1.11 bits per heavy atom. The molecule has 0 N–H and O–H groups in total. The van der Waals surface area contributed by atoms with Gasteiger partial charge in [0.1, 0.15) is 0 Å². The molecule has 8 heteroatoms. The van der Waals surface area contributed by atoms with Gasteiger partial charge in [0, 0.05) is 31.0 Å². The molecule has 1 saturated heterocycles. The largest absolute Gasteiger partial charge is 0.422 e. The maximum Gasteiger partial charge on any atom is 0.323 e. The number of benzene rings is 1. The highest BCUT2D eigenvalue weighted by Gasteiger charge is 2.42. The molecule has 6 nitrogen and oxygen atoms in total. The van der Waals surface area contributed by atoms with E-state index in [4.69, 9.17) is 21.1 Å². The molecule has 1 aromatic carbocycles. The van der Waals surface area contributed by atoms with Crippen LogP contribution < -0.4 is 0 Å². The first kappa shape index (κ1) is 19.6. The summed E-state index contributed by atoms with van der Waals surface area (Å²) in [5.41, 5.74) is 0.923. The standard InChI is InChI=1S/C19H17BrClNO5/c1-19(2)26-17(24)13(18(25)27-19)9-10-22-14(7-8-15(22)20)16(23)11-3-5-12(21)6-4-11/h3-8,13H,9-10H2,1-2H3. The van der Waals surface area contributed by atoms with Gasteiger partial charge < -0.3 is 14.0 Å². The molecular weight excluding hydrogens is 438 g/mol. The monoisotopic (exact) mass is 453 g/mol. The van der Waals surface area contributed by atoms with Gasteiger partial charge in [0.05, 0.1) is 10.3 Å². The number of ether oxygens (including phenoxy) is 2. The normalized spacial score (nSPS) is 16.7. The summed E-state index contributed by atoms with van der Waals surface area (Å²) >= 11 is 9.27. The Labute approximate surface area is 169 Å². The van der Waals surface area contributed by atoms with E-state index in [0.29, 0.717) is 20.9 Å². The zero-order chi connectivity index (χ0) is 19.8. The lowest BCUT2D eigenvalue weighted by Crippen LogP contribution is -2.46. The van der Waals surface area contributed by atoms with Crippen LogP contribution in [0.1, 0.15) is 36.3 Å². The van der Waals surface area contributed by atoms with Crippen LogP contribution in [0, 0.1) is 5.92 Å². The Morgan fingerprint density at radius 3 is 2.30 bits per heavy atom. The second kappa shape index (κ2) is 7.48. The quantitative estimate of drug-likeness (QED) is 0.388. The zero-order valence-corrected chi connectivity index (χ0v) is 17.0. The third kappa shape index (κ3) is 4.25. The van der Waals surface area contributed by atoms with E-state index in [-0.39, 0.29) is 18.7 Å². The third-order valence-corrected chi connectivity index (χ3v) is 5.11. The van der Waals surface area contributed by atoms with Crippen LogP contribution >= 0.6 is 27.5 Å². The molecule has 3 rings (SSSR count). The molecule has 0 aliphatic carbocycles. The Balaban J connectivity index is 1.78. The summed E-state index contributed by atoms with van der Waals surface area (Å²) < 4.78 is 12.6. The van der Waals surface area contributed by atoms with Crippen molar-refractivity contribution < 1.29 is 23.9 Å². The fraction of sp³-hybridized carbons (Fsp3) is 0.316. The fourth-order valence-electron chi connectivity index (χ4n) is 2.86. The van der Waals surface area contributed by atoms with Crippen molar-refractivity contribution in [1.29, 1.82) is 0 Å². The molecule has 2 aromatic rings. The molecule has 142 valence electrons. The summed E-state index contributed by atoms with van der Waals surface area (Å²) in [5.74, 6) is -3.71. The molecule has 1 aromatic heterocycles. The van der Waals surface area contributed by atoms with Gasteiger partial charge in [-0.15, -0.1) is 0 Å². The van der Waals surface area contributed by atoms with Crippen LogP contribution in [0.15, 0.2) is 41.0 Å². The maximum atomic E-state index is 12.8. The molecule has 1 aliphatic rings. The second-order valence-electron chi connectivity index (χ2n) is 6.61. The van der Waals surface area contributed by atoms with Crippen LogP contribution in [-0.2, 0) is 25.6 Å². The smallest absolute Gasteiger partial charge is 0.323 e. The van der Waals surface area contributed by atoms with Crippen molar-refractivity contribution in [3.8, 4) is 0 Å². The molecule has 0 amide bonds. The Hall–Kier alpha value is -2.12. The first-order valence-electron chi connectivity index (χ1n) is 8.29. The van der Waals surface area contributed by atoms with Gasteiger partial charge in [-0.05, 0) is 58.7 Å². The lowest BCUT2D eigenvalue weighted by atomic mass is 10.0. The molecule has 0 spiro atoms. The number of cyclic esters (lactones) is 2. The summed E-state index contributed by atoms with van der Waals surface area (Å²) in [6, 6.07) is 10.0. The van der Waals surface area contributed by atoms with Crippen molar-refractivity contribution in [3.05, 3.63) is 57.3 Å². The molecule has 0 radical (unpaired) electrons. The third-order valence-electron chi connectivity index (χ3n) is 4.17. The molecule has 2 heterocycles. The number of rotatable bonds is 5. The predicted octanol–water partition coefficient (Wildman–Crippen LogP) is 3.98. The number of esters is 2. The van der Waals surface area contributed by atoms with E-state index in [0.717, 1.165) is 0 Å². The molecule has 0 bridgehead atoms. The van der Waals surface area contributed by atoms with E-state index in [1.807, 2.05) is 0 Å². The maximum absolute atomic E-state index is 12.8. The van der Waals surface area contributed by atoms with Crippen LogP contribution in [-0.4, -0.2) is 28.1 Å². The first-order valence-corrected chi connectivity index (χ1v) is 9.46. The molecule has 0 atom stereocenters. The number of carbonyl (C=O) groups excluding carboxylic acids is 3. The van der Waals surface area contributed by atoms with Gasteiger partial charge in [-0.2, -0.15) is 0 Å². The molecule has 1 fully saturated rings. The highest BCUT2D eigenvalue weighted by atomic mass is 79.9. The van der Waals surface area contributed by atoms with E-state index >= 15 is 0 Å². The lowest BCUT2D eigenvalue weighted by Gasteiger charge is -2.32. The van der Waals surface area contributed by atoms with Gasteiger partial charge in [0.25, 0.3) is 5.79 Å². The highest BCUT2D eigenvalue weighted by Crippen LogP contribution is 2.27. The van der Waals surface area contributed by atoms with Gasteiger partial charge in [-0.25, -0.2) is 0 Å². The number of ketones is 1. The minimum Gasteiger partial charge on any atom is -0.422 e. The average molecular weight is 455 g/mol. The number of aromatic nitrogens is 1. The van der Waals surface area contributed by atoms with E-state index in [9.17, 15) is 14.4 Å². The van der Waals surface area contributed by atoms with Crippen molar-refractivity contribution in [2.45, 2.75) is 32.6 Å². The van der Waals surface area contributed by atoms with Gasteiger partial charge in [-0.1, -0.05) is 11.6 Å². The summed E-state index contributed by atoms with van der Waals surface area (Å²) in [5, 5.41) is 0.542. The minimum absolute atomic E-state index is 0.155. The van der Waals surface area contributed by atoms with Crippen molar-refractivity contribution in [3.63, 3.8) is 0 Å². The second-order valence-corrected chi connectivity index (χ2v) is 7.86. The van der Waals surface area contributed by atoms with Crippen molar-refractivity contribution in [2.24, 2.45) is 5.92 Å². The number of nitrogens with zero attached hydrogens (tertiary/aromatic N) is 1. The SMILES string of the molecule is CC1(C)OC(=O)C(CCn2c(Br)ccc2C(=O)c2ccc(Cl)cc2)C(=O)O1. The Bertz CT molecular complexity index is 883. The fourth-order valence-corrected chi connectivity index (χ4v) is 3.48. The summed E-state index contributed by atoms with van der Waals surface area (Å²) in [4.78, 5) is 37.0. The molecule has 1 aliphatic heterocycles. The van der Waals surface area contributed by atoms with E-state index in [2.05, 4.69) is 15.9 Å². The summed E-state index contributed by atoms with van der Waals surface area (Å²) in [7, 11) is 0. The Kier molecular flexibility index (Phi) is 5.44. The first-order chi connectivity index (χ1) is 12.7. The minimum atomic E-state index is -1.26. The van der Waals surface area contributed by atoms with Crippen molar-refractivity contribution in [1.82, 2.24) is 4.57 Å². The number of carbonyl (C=O) groups is 3. The van der Waals surface area contributed by atoms with E-state index in [1.54, 1.807) is 41.0 Å².